The fourth-order valence-electron chi connectivity index (χ4n) is 14.3. The van der Waals surface area contributed by atoms with Gasteiger partial charge in [0.25, 0.3) is 5.69 Å². The number of non-ortho nitro benzene ring substituents is 1. The molecule has 8 heterocycles. The summed E-state index contributed by atoms with van der Waals surface area (Å²) in [6, 6.07) is 64.2. The van der Waals surface area contributed by atoms with Gasteiger partial charge in [-0.3, -0.25) is 30.1 Å². The largest absolute Gasteiger partial charge is 1.00 e. The summed E-state index contributed by atoms with van der Waals surface area (Å²) in [5, 5.41) is 35.8. The van der Waals surface area contributed by atoms with Crippen molar-refractivity contribution >= 4 is 161 Å². The van der Waals surface area contributed by atoms with Gasteiger partial charge >= 0.3 is 60.2 Å². The number of hydrogen-bond donors (Lipinski definition) is 7. The number of nitrogen functional groups attached to an aromatic ring is 1. The molecule has 17 rings (SSSR count). The van der Waals surface area contributed by atoms with Crippen LogP contribution in [0.1, 0.15) is 96.8 Å². The number of urea groups is 2. The quantitative estimate of drug-likeness (QED) is 0.00687. The van der Waals surface area contributed by atoms with E-state index in [2.05, 4.69) is 120 Å². The van der Waals surface area contributed by atoms with Crippen LogP contribution in [0.2, 0.25) is 5.15 Å². The van der Waals surface area contributed by atoms with Gasteiger partial charge in [0, 0.05) is 130 Å². The number of nitrogens with zero attached hydrogens (tertiary/aromatic N) is 15. The van der Waals surface area contributed by atoms with Gasteiger partial charge in [-0.25, -0.2) is 58.3 Å². The molecule has 4 aliphatic rings. The molecule has 37 nitrogen and oxygen atoms in total. The van der Waals surface area contributed by atoms with Gasteiger partial charge in [-0.15, -0.1) is 0 Å². The van der Waals surface area contributed by atoms with E-state index in [0.717, 1.165) is 87.8 Å². The summed E-state index contributed by atoms with van der Waals surface area (Å²) in [7, 11) is 3.91. The second-order valence-corrected chi connectivity index (χ2v) is 32.1. The number of aromatic nitrogens is 8. The van der Waals surface area contributed by atoms with Crippen molar-refractivity contribution in [3.8, 4) is 5.75 Å². The maximum atomic E-state index is 13.0. The summed E-state index contributed by atoms with van der Waals surface area (Å²) in [5.74, 6) is 0.250. The molecule has 4 amide bonds. The van der Waals surface area contributed by atoms with Crippen molar-refractivity contribution in [1.29, 1.82) is 0 Å². The number of fused-ring (bicyclic) bond motifs is 4. The second-order valence-electron chi connectivity index (χ2n) is 31.4. The van der Waals surface area contributed by atoms with Gasteiger partial charge in [0.05, 0.1) is 134 Å². The number of isocyanates is 1. The number of aliphatic imine (C=N–C) groups is 1. The number of carbonyl (C=O) groups is 7. The van der Waals surface area contributed by atoms with Gasteiger partial charge < -0.3 is 86.3 Å². The first kappa shape index (κ1) is 108. The standard InChI is InChI=1S/C23H25N5O3.C22H23N5O3.C14H18N4.C9H7NO3.C8H5ClN2.C8H9NO2.C7H4ClNO4.C6H14N2.Li.H2O/c1-15-14-28(23(30)26-18-9-5-4-8-17(18)22(29)31-3)16(2)13-27(15)21-12-24-19-10-6-7-11-20(19)25-21;1-14-13-27(22(30)25-17-8-4-3-7-16(17)21(28)29)15(2)12-26(14)20-11-23-18-9-5-6-10-19(18)24-20;1-10-9-18(11(2)7-15-10)14-8-16-12-5-3-4-6-13(12)17-14;1-13-9(12)7-4-2-3-5-8(7)10-6-11;9-8-5-10-6-3-1-2-4-7(6)11-8;1-11-8(10)6-4-2-3-5-7(6)9;8-7(10)13-6-3-1-5(2-4-6)9(11)12;1-5-3-8-6(2)4-7-5;;/h4-12,15-16H,13-14H2,1-3H3,(H,26,30);3-11,14-15H,12-13H2,1-2H3,(H,25,30)(H,28,29);3-6,8,10-11,15H,7,9H2,1-2H3;2-5H,1H3;1-5H;2-5H,9H2,1H3;1-4H;5-8H,3-4H2,1-2H3;;1H2/q;;;;;;;;+1;/p-1/t15-,16+;14-,15+;10-,11+;;;;;5-,6+;;/m001......./s1. The SMILES string of the molecule is COC(=O)c1ccccc1N.COC(=O)c1ccccc1N=C=O.COC(=O)c1ccccc1NC(=O)N1C[C@H](C)N(c2cnc3ccccc3n2)C[C@H]1C.C[C@@H]1CN(c2cnc3ccccc3n2)[C@@H](C)CN1.C[C@@H]1CN(c2cnc3ccccc3n2)[C@@H](C)CN1C(=O)Nc1ccccc1C(=O)O.C[C@@H]1CN[C@@H](C)CN1.Clc1cnc2ccccc2n1.O=C(Cl)Oc1ccc([N+](=O)[O-])cc1.[Li+].[OH-]. The molecule has 137 heavy (non-hydrogen) atoms. The molecule has 4 fully saturated rings. The zero-order valence-electron chi connectivity index (χ0n) is 77.5. The van der Waals surface area contributed by atoms with Crippen LogP contribution in [0.3, 0.4) is 0 Å². The number of methoxy groups -OCH3 is 3. The minimum Gasteiger partial charge on any atom is -0.870 e. The Bertz CT molecular complexity index is 6300. The second kappa shape index (κ2) is 53.4. The Morgan fingerprint density at radius 3 is 1.23 bits per heavy atom. The Kier molecular flexibility index (Phi) is 41.9. The molecule has 0 saturated carbocycles. The Labute approximate surface area is 813 Å². The Morgan fingerprint density at radius 1 is 0.453 bits per heavy atom. The number of nitrogens with two attached hydrogens (primary N) is 1. The number of nitro benzene ring substituents is 1. The number of nitrogens with one attached hydrogen (secondary N) is 5. The minimum atomic E-state index is -1.08. The number of ether oxygens (including phenoxy) is 4. The normalized spacial score (nSPS) is 17.2. The maximum absolute atomic E-state index is 13.0. The number of benzene rings is 9. The van der Waals surface area contributed by atoms with Crippen LogP contribution < -0.4 is 70.6 Å². The number of piperazine rings is 4. The third kappa shape index (κ3) is 31.1. The first-order valence-electron chi connectivity index (χ1n) is 42.9. The van der Waals surface area contributed by atoms with Gasteiger partial charge in [0.1, 0.15) is 28.4 Å². The van der Waals surface area contributed by atoms with Crippen LogP contribution in [-0.4, -0.2) is 235 Å². The average molecular weight is 1900 g/mol. The minimum absolute atomic E-state index is 0. The van der Waals surface area contributed by atoms with Crippen LogP contribution in [0.15, 0.2) is 248 Å². The Morgan fingerprint density at radius 2 is 0.810 bits per heavy atom. The molecule has 0 aliphatic carbocycles. The van der Waals surface area contributed by atoms with Crippen molar-refractivity contribution in [2.45, 2.75) is 104 Å². The summed E-state index contributed by atoms with van der Waals surface area (Å²) in [5.41, 5.74) is 13.9. The smallest absolute Gasteiger partial charge is 0.870 e. The van der Waals surface area contributed by atoms with Gasteiger partial charge in [-0.1, -0.05) is 109 Å². The van der Waals surface area contributed by atoms with Crippen LogP contribution in [0.5, 0.6) is 5.75 Å². The number of rotatable bonds is 12. The number of carboxylic acids is 1. The summed E-state index contributed by atoms with van der Waals surface area (Å²) >= 11 is 10.6. The first-order valence-corrected chi connectivity index (χ1v) is 43.7. The van der Waals surface area contributed by atoms with Crippen molar-refractivity contribution in [1.82, 2.24) is 65.6 Å². The number of esters is 3. The number of amides is 4. The van der Waals surface area contributed by atoms with Gasteiger partial charge in [-0.2, -0.15) is 4.99 Å². The van der Waals surface area contributed by atoms with E-state index in [1.165, 1.54) is 69.9 Å². The monoisotopic (exact) mass is 1900 g/mol. The topological polar surface area (TPSA) is 485 Å². The van der Waals surface area contributed by atoms with Crippen LogP contribution in [0, 0.1) is 10.1 Å². The van der Waals surface area contributed by atoms with Crippen molar-refractivity contribution in [2.24, 2.45) is 4.99 Å². The van der Waals surface area contributed by atoms with Gasteiger partial charge in [0.2, 0.25) is 6.08 Å². The molecule has 8 atom stereocenters. The van der Waals surface area contributed by atoms with E-state index < -0.39 is 34.2 Å². The van der Waals surface area contributed by atoms with E-state index >= 15 is 0 Å². The molecule has 4 aromatic heterocycles. The number of halogens is 2. The van der Waals surface area contributed by atoms with E-state index in [1.807, 2.05) is 124 Å². The number of hydrogen-bond acceptors (Lipinski definition) is 31. The molecule has 13 aromatic rings. The van der Waals surface area contributed by atoms with E-state index in [0.29, 0.717) is 78.0 Å². The Balaban J connectivity index is 0.000000200. The van der Waals surface area contributed by atoms with Crippen LogP contribution in [0.25, 0.3) is 44.1 Å². The van der Waals surface area contributed by atoms with Crippen LogP contribution >= 0.6 is 23.2 Å². The predicted molar refractivity (Wildman–Crippen MR) is 522 cm³/mol. The fourth-order valence-corrected chi connectivity index (χ4v) is 14.6. The molecule has 4 aliphatic heterocycles. The molecule has 4 saturated heterocycles. The van der Waals surface area contributed by atoms with Crippen molar-refractivity contribution < 1.29 is 91.7 Å². The number of anilines is 6. The number of carboxylic acid groups (broad SMARTS) is 1. The average Bonchev–Trinajstić information content (AvgIpc) is 0.818. The number of carbonyl (C=O) groups excluding carboxylic acids is 7. The summed E-state index contributed by atoms with van der Waals surface area (Å²) < 4.78 is 18.3. The molecular formula is C97H106Cl2LiN21O16. The maximum Gasteiger partial charge on any atom is 1.00 e. The zero-order chi connectivity index (χ0) is 97.2. The van der Waals surface area contributed by atoms with E-state index in [1.54, 1.807) is 107 Å². The van der Waals surface area contributed by atoms with E-state index in [4.69, 9.17) is 48.6 Å². The summed E-state index contributed by atoms with van der Waals surface area (Å²) in [4.78, 5) is 151. The molecule has 0 bridgehead atoms. The Hall–Kier alpha value is -14.8. The van der Waals surface area contributed by atoms with Crippen LogP contribution in [0.4, 0.5) is 60.3 Å². The van der Waals surface area contributed by atoms with E-state index in [-0.39, 0.29) is 94.5 Å². The third-order valence-electron chi connectivity index (χ3n) is 21.5. The first-order chi connectivity index (χ1) is 64.9. The summed E-state index contributed by atoms with van der Waals surface area (Å²) in [6.07, 6.45) is 8.36. The summed E-state index contributed by atoms with van der Waals surface area (Å²) in [6.45, 7) is 23.3. The van der Waals surface area contributed by atoms with Gasteiger partial charge in [0.15, 0.2) is 0 Å². The fraction of sp³-hybridized carbons (Fsp3) is 0.278. The molecule has 0 radical (unpaired) electrons. The molecule has 40 heteroatoms. The number of nitro groups is 1. The predicted octanol–water partition coefficient (Wildman–Crippen LogP) is 12.7. The van der Waals surface area contributed by atoms with Crippen molar-refractivity contribution in [2.75, 3.05) is 105 Å². The van der Waals surface area contributed by atoms with Crippen LogP contribution in [-0.2, 0) is 19.0 Å². The van der Waals surface area contributed by atoms with Crippen molar-refractivity contribution in [3.63, 3.8) is 0 Å². The van der Waals surface area contributed by atoms with Gasteiger partial charge in [-0.05, 0) is 165 Å². The molecule has 0 unspecified atom stereocenters. The van der Waals surface area contributed by atoms with Crippen molar-refractivity contribution in [3.05, 3.63) is 281 Å². The third-order valence-corrected chi connectivity index (χ3v) is 21.7. The molecule has 9 aromatic carbocycles. The zero-order valence-corrected chi connectivity index (χ0v) is 79.0. The van der Waals surface area contributed by atoms with E-state index in [9.17, 15) is 53.6 Å². The molecule has 710 valence electrons. The number of aromatic carboxylic acids is 1. The number of para-hydroxylation sites is 12. The molecule has 9 N–H and O–H groups in total. The molecule has 0 spiro atoms. The molecular weight excluding hydrogens is 1790 g/mol.